The van der Waals surface area contributed by atoms with Gasteiger partial charge in [0.1, 0.15) is 0 Å². The van der Waals surface area contributed by atoms with E-state index in [2.05, 4.69) is 32.2 Å². The van der Waals surface area contributed by atoms with Gasteiger partial charge in [-0.25, -0.2) is 0 Å². The van der Waals surface area contributed by atoms with Crippen LogP contribution >= 0.6 is 0 Å². The third-order valence-corrected chi connectivity index (χ3v) is 4.98. The second kappa shape index (κ2) is 9.80. The van der Waals surface area contributed by atoms with Crippen molar-refractivity contribution in [2.75, 3.05) is 26.3 Å². The molecule has 3 heteroatoms. The number of hydrogen-bond acceptors (Lipinski definition) is 3. The molecule has 0 heterocycles. The summed E-state index contributed by atoms with van der Waals surface area (Å²) in [5, 5.41) is 3.49. The highest BCUT2D eigenvalue weighted by atomic mass is 16.5. The molecule has 1 fully saturated rings. The second-order valence-corrected chi connectivity index (χ2v) is 8.11. The minimum absolute atomic E-state index is 0.173. The molecule has 0 aliphatic heterocycles. The molecular formula is C20H37NO2. The van der Waals surface area contributed by atoms with Crippen LogP contribution < -0.4 is 5.32 Å². The molecule has 0 amide bonds. The van der Waals surface area contributed by atoms with Gasteiger partial charge in [-0.2, -0.15) is 0 Å². The van der Waals surface area contributed by atoms with Crippen molar-refractivity contribution in [2.24, 2.45) is 5.92 Å². The van der Waals surface area contributed by atoms with E-state index in [4.69, 9.17) is 9.47 Å². The van der Waals surface area contributed by atoms with Crippen molar-refractivity contribution >= 4 is 0 Å². The highest BCUT2D eigenvalue weighted by Crippen LogP contribution is 2.28. The lowest BCUT2D eigenvalue weighted by atomic mass is 9.88. The molecule has 2 aliphatic rings. The van der Waals surface area contributed by atoms with Crippen LogP contribution in [0.2, 0.25) is 0 Å². The van der Waals surface area contributed by atoms with Gasteiger partial charge in [0, 0.05) is 13.1 Å². The average Bonchev–Trinajstić information content (AvgIpc) is 2.51. The van der Waals surface area contributed by atoms with E-state index in [1.165, 1.54) is 51.4 Å². The third kappa shape index (κ3) is 7.82. The molecule has 0 bridgehead atoms. The first-order valence-electron chi connectivity index (χ1n) is 9.69. The van der Waals surface area contributed by atoms with E-state index in [-0.39, 0.29) is 5.60 Å². The Labute approximate surface area is 143 Å². The summed E-state index contributed by atoms with van der Waals surface area (Å²) in [6, 6.07) is 0. The van der Waals surface area contributed by atoms with Gasteiger partial charge in [0.25, 0.3) is 0 Å². The van der Waals surface area contributed by atoms with Crippen molar-refractivity contribution in [3.05, 3.63) is 11.6 Å². The summed E-state index contributed by atoms with van der Waals surface area (Å²) in [5.41, 5.74) is 1.40. The molecule has 2 rings (SSSR count). The summed E-state index contributed by atoms with van der Waals surface area (Å²) < 4.78 is 12.1. The van der Waals surface area contributed by atoms with Gasteiger partial charge in [-0.3, -0.25) is 0 Å². The molecule has 2 unspecified atom stereocenters. The predicted octanol–water partition coefficient (Wildman–Crippen LogP) is 4.47. The lowest BCUT2D eigenvalue weighted by molar-refractivity contribution is -0.125. The minimum atomic E-state index is -0.173. The van der Waals surface area contributed by atoms with Crippen molar-refractivity contribution in [3.8, 4) is 0 Å². The SMILES string of the molecule is CC1CCCC(OC(C)(C)COCCNCC2=CCCCC2)C1. The average molecular weight is 324 g/mol. The summed E-state index contributed by atoms with van der Waals surface area (Å²) in [6.45, 7) is 10.1. The summed E-state index contributed by atoms with van der Waals surface area (Å²) in [6.07, 6.45) is 13.2. The highest BCUT2D eigenvalue weighted by molar-refractivity contribution is 5.06. The van der Waals surface area contributed by atoms with Crippen molar-refractivity contribution < 1.29 is 9.47 Å². The Kier molecular flexibility index (Phi) is 8.08. The lowest BCUT2D eigenvalue weighted by Crippen LogP contribution is -2.38. The Bertz CT molecular complexity index is 365. The first kappa shape index (κ1) is 19.0. The normalized spacial score (nSPS) is 26.1. The second-order valence-electron chi connectivity index (χ2n) is 8.11. The molecule has 0 aromatic carbocycles. The van der Waals surface area contributed by atoms with E-state index in [0.717, 1.165) is 25.6 Å². The van der Waals surface area contributed by atoms with Gasteiger partial charge in [-0.05, 0) is 58.3 Å². The van der Waals surface area contributed by atoms with Crippen LogP contribution in [0.4, 0.5) is 0 Å². The van der Waals surface area contributed by atoms with Crippen LogP contribution in [0.1, 0.15) is 72.1 Å². The maximum absolute atomic E-state index is 6.30. The molecule has 0 spiro atoms. The van der Waals surface area contributed by atoms with Crippen molar-refractivity contribution in [2.45, 2.75) is 83.8 Å². The van der Waals surface area contributed by atoms with E-state index in [0.29, 0.717) is 12.7 Å². The van der Waals surface area contributed by atoms with Gasteiger partial charge in [-0.15, -0.1) is 0 Å². The maximum atomic E-state index is 6.30. The molecule has 23 heavy (non-hydrogen) atoms. The van der Waals surface area contributed by atoms with E-state index >= 15 is 0 Å². The number of nitrogens with one attached hydrogen (secondary N) is 1. The van der Waals surface area contributed by atoms with Gasteiger partial charge in [0.05, 0.1) is 24.9 Å². The van der Waals surface area contributed by atoms with Crippen LogP contribution in [-0.4, -0.2) is 38.0 Å². The number of allylic oxidation sites excluding steroid dienone is 1. The molecular weight excluding hydrogens is 286 g/mol. The zero-order chi connectivity index (χ0) is 16.5. The van der Waals surface area contributed by atoms with Gasteiger partial charge in [0.15, 0.2) is 0 Å². The lowest BCUT2D eigenvalue weighted by Gasteiger charge is -2.34. The number of hydrogen-bond donors (Lipinski definition) is 1. The predicted molar refractivity (Wildman–Crippen MR) is 96.8 cm³/mol. The molecule has 1 N–H and O–H groups in total. The van der Waals surface area contributed by atoms with Crippen LogP contribution in [0.25, 0.3) is 0 Å². The topological polar surface area (TPSA) is 30.5 Å². The maximum Gasteiger partial charge on any atom is 0.0862 e. The fraction of sp³-hybridized carbons (Fsp3) is 0.900. The third-order valence-electron chi connectivity index (χ3n) is 4.98. The smallest absolute Gasteiger partial charge is 0.0862 e. The summed E-state index contributed by atoms with van der Waals surface area (Å²) in [7, 11) is 0. The van der Waals surface area contributed by atoms with Crippen molar-refractivity contribution in [1.29, 1.82) is 0 Å². The number of ether oxygens (including phenoxy) is 2. The molecule has 0 aromatic heterocycles. The van der Waals surface area contributed by atoms with Gasteiger partial charge in [-0.1, -0.05) is 31.4 Å². The Hall–Kier alpha value is -0.380. The number of rotatable bonds is 9. The Morgan fingerprint density at radius 3 is 2.83 bits per heavy atom. The molecule has 134 valence electrons. The first-order chi connectivity index (χ1) is 11.1. The van der Waals surface area contributed by atoms with Crippen molar-refractivity contribution in [1.82, 2.24) is 5.32 Å². The van der Waals surface area contributed by atoms with Crippen molar-refractivity contribution in [3.63, 3.8) is 0 Å². The summed E-state index contributed by atoms with van der Waals surface area (Å²) >= 11 is 0. The fourth-order valence-corrected chi connectivity index (χ4v) is 3.75. The van der Waals surface area contributed by atoms with Gasteiger partial charge in [0.2, 0.25) is 0 Å². The van der Waals surface area contributed by atoms with E-state index in [9.17, 15) is 0 Å². The minimum Gasteiger partial charge on any atom is -0.377 e. The highest BCUT2D eigenvalue weighted by Gasteiger charge is 2.27. The molecule has 0 radical (unpaired) electrons. The van der Waals surface area contributed by atoms with E-state index < -0.39 is 0 Å². The Morgan fingerprint density at radius 1 is 1.22 bits per heavy atom. The van der Waals surface area contributed by atoms with Crippen LogP contribution in [0, 0.1) is 5.92 Å². The van der Waals surface area contributed by atoms with E-state index in [1.54, 1.807) is 5.57 Å². The standard InChI is InChI=1S/C20H37NO2/c1-17-8-7-11-19(14-17)23-20(2,3)16-22-13-12-21-15-18-9-5-4-6-10-18/h9,17,19,21H,4-8,10-16H2,1-3H3. The quantitative estimate of drug-likeness (QED) is 0.502. The molecule has 2 aliphatic carbocycles. The first-order valence-corrected chi connectivity index (χ1v) is 9.69. The van der Waals surface area contributed by atoms with Crippen LogP contribution in [-0.2, 0) is 9.47 Å². The van der Waals surface area contributed by atoms with E-state index in [1.807, 2.05) is 0 Å². The van der Waals surface area contributed by atoms with Crippen LogP contribution in [0.15, 0.2) is 11.6 Å². The summed E-state index contributed by atoms with van der Waals surface area (Å²) in [4.78, 5) is 0. The van der Waals surface area contributed by atoms with Crippen LogP contribution in [0.5, 0.6) is 0 Å². The monoisotopic (exact) mass is 323 g/mol. The Balaban J connectivity index is 1.52. The van der Waals surface area contributed by atoms with Gasteiger partial charge < -0.3 is 14.8 Å². The summed E-state index contributed by atoms with van der Waals surface area (Å²) in [5.74, 6) is 0.809. The Morgan fingerprint density at radius 2 is 2.09 bits per heavy atom. The van der Waals surface area contributed by atoms with Crippen LogP contribution in [0.3, 0.4) is 0 Å². The molecule has 0 aromatic rings. The fourth-order valence-electron chi connectivity index (χ4n) is 3.75. The molecule has 3 nitrogen and oxygen atoms in total. The molecule has 0 saturated heterocycles. The zero-order valence-electron chi connectivity index (χ0n) is 15.5. The van der Waals surface area contributed by atoms with Gasteiger partial charge >= 0.3 is 0 Å². The molecule has 1 saturated carbocycles. The largest absolute Gasteiger partial charge is 0.377 e. The zero-order valence-corrected chi connectivity index (χ0v) is 15.5. The molecule has 2 atom stereocenters.